The summed E-state index contributed by atoms with van der Waals surface area (Å²) in [5.74, 6) is 2.28. The van der Waals surface area contributed by atoms with Gasteiger partial charge in [-0.3, -0.25) is 0 Å². The zero-order chi connectivity index (χ0) is 27.2. The fourth-order valence-electron chi connectivity index (χ4n) is 4.20. The summed E-state index contributed by atoms with van der Waals surface area (Å²) in [6, 6.07) is 25.4. The SMILES string of the molecule is COc1ccc(Oc2cc(NC(=O)N3CCN(c4ccc(Cl)cc4)CC3)cc(Oc3ccc(F)cc3)c2)cc1. The molecule has 39 heavy (non-hydrogen) atoms. The summed E-state index contributed by atoms with van der Waals surface area (Å²) in [4.78, 5) is 17.1. The van der Waals surface area contributed by atoms with E-state index in [2.05, 4.69) is 10.2 Å². The molecule has 1 fully saturated rings. The number of piperazine rings is 1. The molecule has 4 aromatic carbocycles. The monoisotopic (exact) mass is 547 g/mol. The molecule has 1 heterocycles. The maximum atomic E-state index is 13.4. The second kappa shape index (κ2) is 12.0. The van der Waals surface area contributed by atoms with Crippen molar-refractivity contribution in [2.24, 2.45) is 0 Å². The van der Waals surface area contributed by atoms with E-state index in [0.29, 0.717) is 65.6 Å². The predicted octanol–water partition coefficient (Wildman–Crippen LogP) is 7.43. The number of ether oxygens (including phenoxy) is 3. The Morgan fingerprint density at radius 2 is 1.28 bits per heavy atom. The van der Waals surface area contributed by atoms with E-state index >= 15 is 0 Å². The Hall–Kier alpha value is -4.43. The molecule has 0 aromatic heterocycles. The molecule has 0 spiro atoms. The fourth-order valence-corrected chi connectivity index (χ4v) is 4.33. The summed E-state index contributed by atoms with van der Waals surface area (Å²) in [5, 5.41) is 3.66. The molecule has 200 valence electrons. The van der Waals surface area contributed by atoms with E-state index in [9.17, 15) is 9.18 Å². The summed E-state index contributed by atoms with van der Waals surface area (Å²) >= 11 is 6.01. The van der Waals surface area contributed by atoms with Crippen molar-refractivity contribution in [3.8, 4) is 28.7 Å². The Balaban J connectivity index is 1.30. The van der Waals surface area contributed by atoms with Crippen LogP contribution in [0.15, 0.2) is 91.0 Å². The van der Waals surface area contributed by atoms with E-state index in [1.165, 1.54) is 24.3 Å². The first kappa shape index (κ1) is 26.2. The lowest BCUT2D eigenvalue weighted by atomic mass is 10.2. The normalized spacial score (nSPS) is 13.1. The van der Waals surface area contributed by atoms with Crippen LogP contribution in [0.3, 0.4) is 0 Å². The van der Waals surface area contributed by atoms with Gasteiger partial charge in [0.05, 0.1) is 7.11 Å². The summed E-state index contributed by atoms with van der Waals surface area (Å²) in [5.41, 5.74) is 1.58. The first-order valence-corrected chi connectivity index (χ1v) is 12.8. The van der Waals surface area contributed by atoms with Crippen LogP contribution < -0.4 is 24.4 Å². The highest BCUT2D eigenvalue weighted by molar-refractivity contribution is 6.30. The van der Waals surface area contributed by atoms with Gasteiger partial charge < -0.3 is 29.3 Å². The van der Waals surface area contributed by atoms with Crippen molar-refractivity contribution in [1.82, 2.24) is 4.90 Å². The van der Waals surface area contributed by atoms with Gasteiger partial charge in [0.2, 0.25) is 0 Å². The molecule has 0 atom stereocenters. The smallest absolute Gasteiger partial charge is 0.321 e. The number of carbonyl (C=O) groups excluding carboxylic acids is 1. The van der Waals surface area contributed by atoms with Crippen LogP contribution >= 0.6 is 11.6 Å². The van der Waals surface area contributed by atoms with Gasteiger partial charge in [-0.2, -0.15) is 0 Å². The lowest BCUT2D eigenvalue weighted by Gasteiger charge is -2.36. The van der Waals surface area contributed by atoms with Crippen LogP contribution in [0.5, 0.6) is 28.7 Å². The van der Waals surface area contributed by atoms with E-state index < -0.39 is 0 Å². The molecule has 1 N–H and O–H groups in total. The van der Waals surface area contributed by atoms with Crippen LogP contribution in [0.4, 0.5) is 20.6 Å². The summed E-state index contributed by atoms with van der Waals surface area (Å²) in [6.07, 6.45) is 0. The third-order valence-corrected chi connectivity index (χ3v) is 6.49. The minimum atomic E-state index is -0.358. The van der Waals surface area contributed by atoms with Gasteiger partial charge in [-0.15, -0.1) is 0 Å². The molecular weight excluding hydrogens is 521 g/mol. The molecule has 0 bridgehead atoms. The van der Waals surface area contributed by atoms with Crippen molar-refractivity contribution >= 4 is 29.0 Å². The maximum Gasteiger partial charge on any atom is 0.321 e. The number of benzene rings is 4. The van der Waals surface area contributed by atoms with Gasteiger partial charge in [0, 0.05) is 60.8 Å². The van der Waals surface area contributed by atoms with E-state index in [4.69, 9.17) is 25.8 Å². The number of carbonyl (C=O) groups is 1. The maximum absolute atomic E-state index is 13.4. The number of methoxy groups -OCH3 is 1. The molecular formula is C30H27ClFN3O4. The molecule has 0 radical (unpaired) electrons. The Bertz CT molecular complexity index is 1410. The Morgan fingerprint density at radius 3 is 1.85 bits per heavy atom. The van der Waals surface area contributed by atoms with E-state index in [1.54, 1.807) is 54.5 Å². The highest BCUT2D eigenvalue weighted by atomic mass is 35.5. The first-order chi connectivity index (χ1) is 18.9. The van der Waals surface area contributed by atoms with Gasteiger partial charge in [-0.25, -0.2) is 9.18 Å². The molecule has 7 nitrogen and oxygen atoms in total. The van der Waals surface area contributed by atoms with Crippen LogP contribution in [0.1, 0.15) is 0 Å². The van der Waals surface area contributed by atoms with Crippen LogP contribution in [-0.2, 0) is 0 Å². The fraction of sp³-hybridized carbons (Fsp3) is 0.167. The van der Waals surface area contributed by atoms with Crippen LogP contribution in [0.2, 0.25) is 5.02 Å². The highest BCUT2D eigenvalue weighted by Gasteiger charge is 2.22. The third kappa shape index (κ3) is 6.91. The topological polar surface area (TPSA) is 63.3 Å². The van der Waals surface area contributed by atoms with Crippen molar-refractivity contribution < 1.29 is 23.4 Å². The van der Waals surface area contributed by atoms with Gasteiger partial charge >= 0.3 is 6.03 Å². The number of hydrogen-bond acceptors (Lipinski definition) is 5. The van der Waals surface area contributed by atoms with Crippen molar-refractivity contribution in [1.29, 1.82) is 0 Å². The molecule has 0 saturated carbocycles. The Kier molecular flexibility index (Phi) is 8.03. The molecule has 4 aromatic rings. The van der Waals surface area contributed by atoms with E-state index in [-0.39, 0.29) is 11.8 Å². The number of anilines is 2. The number of amides is 2. The highest BCUT2D eigenvalue weighted by Crippen LogP contribution is 2.33. The predicted molar refractivity (Wildman–Crippen MR) is 150 cm³/mol. The van der Waals surface area contributed by atoms with Crippen molar-refractivity contribution in [2.75, 3.05) is 43.5 Å². The van der Waals surface area contributed by atoms with Crippen molar-refractivity contribution in [3.63, 3.8) is 0 Å². The minimum absolute atomic E-state index is 0.222. The van der Waals surface area contributed by atoms with Gasteiger partial charge in [0.15, 0.2) is 0 Å². The lowest BCUT2D eigenvalue weighted by molar-refractivity contribution is 0.208. The van der Waals surface area contributed by atoms with E-state index in [0.717, 1.165) is 5.69 Å². The molecule has 5 rings (SSSR count). The second-order valence-electron chi connectivity index (χ2n) is 8.91. The summed E-state index contributed by atoms with van der Waals surface area (Å²) in [6.45, 7) is 2.54. The number of nitrogens with zero attached hydrogens (tertiary/aromatic N) is 2. The number of urea groups is 1. The molecule has 1 aliphatic rings. The quantitative estimate of drug-likeness (QED) is 0.261. The number of hydrogen-bond donors (Lipinski definition) is 1. The number of rotatable bonds is 7. The Morgan fingerprint density at radius 1 is 0.744 bits per heavy atom. The van der Waals surface area contributed by atoms with Crippen molar-refractivity contribution in [3.05, 3.63) is 102 Å². The van der Waals surface area contributed by atoms with Gasteiger partial charge in [0.25, 0.3) is 0 Å². The molecule has 0 aliphatic carbocycles. The summed E-state index contributed by atoms with van der Waals surface area (Å²) < 4.78 is 30.5. The average molecular weight is 548 g/mol. The van der Waals surface area contributed by atoms with Gasteiger partial charge in [-0.05, 0) is 72.8 Å². The van der Waals surface area contributed by atoms with Crippen molar-refractivity contribution in [2.45, 2.75) is 0 Å². The zero-order valence-corrected chi connectivity index (χ0v) is 22.0. The van der Waals surface area contributed by atoms with Gasteiger partial charge in [0.1, 0.15) is 34.6 Å². The molecule has 1 saturated heterocycles. The second-order valence-corrected chi connectivity index (χ2v) is 9.34. The first-order valence-electron chi connectivity index (χ1n) is 12.4. The molecule has 9 heteroatoms. The third-order valence-electron chi connectivity index (χ3n) is 6.23. The van der Waals surface area contributed by atoms with Crippen LogP contribution in [0.25, 0.3) is 0 Å². The zero-order valence-electron chi connectivity index (χ0n) is 21.3. The van der Waals surface area contributed by atoms with E-state index in [1.807, 2.05) is 24.3 Å². The standard InChI is InChI=1S/C30H27ClFN3O4/c1-37-25-10-12-27(13-11-25)39-29-19-23(18-28(20-29)38-26-8-4-22(32)5-9-26)33-30(36)35-16-14-34(15-17-35)24-6-2-21(31)3-7-24/h2-13,18-20H,14-17H2,1H3,(H,33,36). The molecule has 0 unspecified atom stereocenters. The minimum Gasteiger partial charge on any atom is -0.497 e. The summed E-state index contributed by atoms with van der Waals surface area (Å²) in [7, 11) is 1.60. The average Bonchev–Trinajstić information content (AvgIpc) is 2.95. The van der Waals surface area contributed by atoms with Crippen LogP contribution in [-0.4, -0.2) is 44.2 Å². The van der Waals surface area contributed by atoms with Crippen LogP contribution in [0, 0.1) is 5.82 Å². The lowest BCUT2D eigenvalue weighted by Crippen LogP contribution is -2.50. The number of halogens is 2. The largest absolute Gasteiger partial charge is 0.497 e. The molecule has 1 aliphatic heterocycles. The van der Waals surface area contributed by atoms with Gasteiger partial charge in [-0.1, -0.05) is 11.6 Å². The number of nitrogens with one attached hydrogen (secondary N) is 1. The Labute approximate surface area is 231 Å². The molecule has 2 amide bonds.